The average Bonchev–Trinajstić information content (AvgIpc) is 3.18. The Balaban J connectivity index is 1.39. The number of rotatable bonds is 5. The third kappa shape index (κ3) is 3.08. The molecule has 6 nitrogen and oxygen atoms in total. The van der Waals surface area contributed by atoms with Crippen molar-refractivity contribution in [2.45, 2.75) is 32.1 Å². The number of hydrogen-bond donors (Lipinski definition) is 3. The van der Waals surface area contributed by atoms with Crippen LogP contribution in [0.15, 0.2) is 36.5 Å². The van der Waals surface area contributed by atoms with Crippen LogP contribution in [0.25, 0.3) is 11.1 Å². The van der Waals surface area contributed by atoms with Gasteiger partial charge in [-0.3, -0.25) is 15.0 Å². The number of nitrogens with zero attached hydrogens (tertiary/aromatic N) is 2. The number of carbonyl (C=O) groups is 1. The fourth-order valence-electron chi connectivity index (χ4n) is 2.82. The van der Waals surface area contributed by atoms with Crippen LogP contribution in [0.2, 0.25) is 0 Å². The molecule has 1 amide bonds. The lowest BCUT2D eigenvalue weighted by Crippen LogP contribution is -2.14. The van der Waals surface area contributed by atoms with Crippen molar-refractivity contribution >= 4 is 11.7 Å². The van der Waals surface area contributed by atoms with Gasteiger partial charge in [0.15, 0.2) is 5.82 Å². The predicted octanol–water partition coefficient (Wildman–Crippen LogP) is 3.17. The van der Waals surface area contributed by atoms with Gasteiger partial charge in [-0.25, -0.2) is 0 Å². The van der Waals surface area contributed by atoms with Crippen molar-refractivity contribution < 1.29 is 4.79 Å². The molecule has 24 heavy (non-hydrogen) atoms. The lowest BCUT2D eigenvalue weighted by atomic mass is 10.0. The Hall–Kier alpha value is -2.89. The van der Waals surface area contributed by atoms with Gasteiger partial charge >= 0.3 is 0 Å². The third-order valence-electron chi connectivity index (χ3n) is 4.34. The number of anilines is 1. The Bertz CT molecular complexity index is 858. The Morgan fingerprint density at radius 1 is 1.25 bits per heavy atom. The molecule has 0 saturated heterocycles. The summed E-state index contributed by atoms with van der Waals surface area (Å²) < 4.78 is 0. The first-order chi connectivity index (χ1) is 11.7. The summed E-state index contributed by atoms with van der Waals surface area (Å²) in [7, 11) is 0. The van der Waals surface area contributed by atoms with E-state index in [0.717, 1.165) is 28.1 Å². The van der Waals surface area contributed by atoms with Gasteiger partial charge in [0.05, 0.1) is 12.6 Å². The van der Waals surface area contributed by atoms with Crippen molar-refractivity contribution in [2.24, 2.45) is 0 Å². The topological polar surface area (TPSA) is 86.5 Å². The number of nitrogens with one attached hydrogen (secondary N) is 3. The van der Waals surface area contributed by atoms with Crippen molar-refractivity contribution in [2.75, 3.05) is 5.32 Å². The van der Waals surface area contributed by atoms with E-state index in [9.17, 15) is 4.79 Å². The van der Waals surface area contributed by atoms with Crippen LogP contribution >= 0.6 is 0 Å². The first kappa shape index (κ1) is 14.7. The molecule has 1 fully saturated rings. The Labute approximate surface area is 139 Å². The van der Waals surface area contributed by atoms with Crippen molar-refractivity contribution in [3.05, 3.63) is 53.5 Å². The summed E-state index contributed by atoms with van der Waals surface area (Å²) >= 11 is 0. The third-order valence-corrected chi connectivity index (χ3v) is 4.34. The van der Waals surface area contributed by atoms with Gasteiger partial charge in [0.25, 0.3) is 0 Å². The van der Waals surface area contributed by atoms with Crippen LogP contribution in [-0.4, -0.2) is 26.3 Å². The summed E-state index contributed by atoms with van der Waals surface area (Å²) in [6, 6.07) is 9.91. The molecule has 1 aromatic carbocycles. The summed E-state index contributed by atoms with van der Waals surface area (Å²) in [5.74, 6) is 1.14. The smallest absolute Gasteiger partial charge is 0.229 e. The van der Waals surface area contributed by atoms with Gasteiger partial charge in [0.2, 0.25) is 5.91 Å². The maximum Gasteiger partial charge on any atom is 0.229 e. The fraction of sp³-hybridized carbons (Fsp3) is 0.278. The van der Waals surface area contributed by atoms with E-state index < -0.39 is 0 Å². The molecule has 0 spiro atoms. The molecule has 2 aromatic heterocycles. The first-order valence-corrected chi connectivity index (χ1v) is 8.13. The highest BCUT2D eigenvalue weighted by molar-refractivity contribution is 5.91. The van der Waals surface area contributed by atoms with Gasteiger partial charge in [-0.15, -0.1) is 0 Å². The maximum absolute atomic E-state index is 12.2. The van der Waals surface area contributed by atoms with Crippen LogP contribution in [0.3, 0.4) is 0 Å². The van der Waals surface area contributed by atoms with E-state index in [1.54, 1.807) is 0 Å². The van der Waals surface area contributed by atoms with Crippen molar-refractivity contribution in [3.63, 3.8) is 0 Å². The average molecular weight is 321 g/mol. The minimum Gasteiger partial charge on any atom is -0.309 e. The van der Waals surface area contributed by atoms with Gasteiger partial charge in [-0.1, -0.05) is 24.3 Å². The molecular weight excluding hydrogens is 302 g/mol. The SMILES string of the molecule is Cc1[nH]ncc1-c1ccc(CC(=O)Nc2cc(C3CC3)[nH]n2)cc1. The zero-order chi connectivity index (χ0) is 16.5. The maximum atomic E-state index is 12.2. The molecule has 1 saturated carbocycles. The molecule has 6 heteroatoms. The minimum atomic E-state index is -0.0592. The van der Waals surface area contributed by atoms with Crippen LogP contribution in [-0.2, 0) is 11.2 Å². The van der Waals surface area contributed by atoms with E-state index in [4.69, 9.17) is 0 Å². The molecule has 1 aliphatic carbocycles. The van der Waals surface area contributed by atoms with Crippen LogP contribution in [0.5, 0.6) is 0 Å². The second kappa shape index (κ2) is 5.96. The van der Waals surface area contributed by atoms with E-state index >= 15 is 0 Å². The highest BCUT2D eigenvalue weighted by Crippen LogP contribution is 2.39. The number of aromatic nitrogens is 4. The van der Waals surface area contributed by atoms with Crippen molar-refractivity contribution in [1.29, 1.82) is 0 Å². The van der Waals surface area contributed by atoms with Gasteiger partial charge in [0, 0.05) is 28.9 Å². The molecule has 3 N–H and O–H groups in total. The molecule has 0 radical (unpaired) electrons. The minimum absolute atomic E-state index is 0.0592. The van der Waals surface area contributed by atoms with Crippen LogP contribution in [0.4, 0.5) is 5.82 Å². The molecule has 122 valence electrons. The van der Waals surface area contributed by atoms with E-state index in [1.807, 2.05) is 43.5 Å². The summed E-state index contributed by atoms with van der Waals surface area (Å²) in [4.78, 5) is 12.2. The lowest BCUT2D eigenvalue weighted by Gasteiger charge is -2.04. The number of carbonyl (C=O) groups excluding carboxylic acids is 1. The standard InChI is InChI=1S/C18H19N5O/c1-11-15(10-19-21-11)13-4-2-12(3-5-13)8-18(24)20-17-9-16(22-23-17)14-6-7-14/h2-5,9-10,14H,6-8H2,1H3,(H,19,21)(H2,20,22,23,24). The van der Waals surface area contributed by atoms with E-state index in [1.165, 1.54) is 12.8 Å². The van der Waals surface area contributed by atoms with Crippen molar-refractivity contribution in [1.82, 2.24) is 20.4 Å². The fourth-order valence-corrected chi connectivity index (χ4v) is 2.82. The molecule has 4 rings (SSSR count). The largest absolute Gasteiger partial charge is 0.309 e. The van der Waals surface area contributed by atoms with Crippen LogP contribution in [0.1, 0.15) is 35.7 Å². The molecule has 0 atom stereocenters. The van der Waals surface area contributed by atoms with Crippen molar-refractivity contribution in [3.8, 4) is 11.1 Å². The van der Waals surface area contributed by atoms with E-state index in [0.29, 0.717) is 18.2 Å². The number of aryl methyl sites for hydroxylation is 1. The summed E-state index contributed by atoms with van der Waals surface area (Å²) in [5.41, 5.74) is 5.29. The lowest BCUT2D eigenvalue weighted by molar-refractivity contribution is -0.115. The number of benzene rings is 1. The Kier molecular flexibility index (Phi) is 3.65. The molecule has 0 aliphatic heterocycles. The second-order valence-corrected chi connectivity index (χ2v) is 6.31. The number of H-pyrrole nitrogens is 2. The first-order valence-electron chi connectivity index (χ1n) is 8.13. The molecule has 2 heterocycles. The van der Waals surface area contributed by atoms with Gasteiger partial charge in [-0.2, -0.15) is 10.2 Å². The summed E-state index contributed by atoms with van der Waals surface area (Å²) in [6.07, 6.45) is 4.55. The number of aromatic amines is 2. The molecular formula is C18H19N5O. The molecule has 1 aliphatic rings. The second-order valence-electron chi connectivity index (χ2n) is 6.31. The predicted molar refractivity (Wildman–Crippen MR) is 91.7 cm³/mol. The quantitative estimate of drug-likeness (QED) is 0.674. The molecule has 0 unspecified atom stereocenters. The normalized spacial score (nSPS) is 13.9. The monoisotopic (exact) mass is 321 g/mol. The van der Waals surface area contributed by atoms with Gasteiger partial charge in [0.1, 0.15) is 0 Å². The summed E-state index contributed by atoms with van der Waals surface area (Å²) in [6.45, 7) is 1.99. The Morgan fingerprint density at radius 2 is 2.04 bits per heavy atom. The highest BCUT2D eigenvalue weighted by Gasteiger charge is 2.25. The zero-order valence-electron chi connectivity index (χ0n) is 13.5. The molecule has 0 bridgehead atoms. The van der Waals surface area contributed by atoms with E-state index in [-0.39, 0.29) is 5.91 Å². The van der Waals surface area contributed by atoms with Crippen LogP contribution < -0.4 is 5.32 Å². The number of hydrogen-bond acceptors (Lipinski definition) is 3. The molecule has 3 aromatic rings. The van der Waals surface area contributed by atoms with Crippen LogP contribution in [0, 0.1) is 6.92 Å². The van der Waals surface area contributed by atoms with Gasteiger partial charge < -0.3 is 5.32 Å². The summed E-state index contributed by atoms with van der Waals surface area (Å²) in [5, 5.41) is 17.0. The van der Waals surface area contributed by atoms with Gasteiger partial charge in [-0.05, 0) is 30.9 Å². The Morgan fingerprint density at radius 3 is 2.71 bits per heavy atom. The highest BCUT2D eigenvalue weighted by atomic mass is 16.1. The zero-order valence-corrected chi connectivity index (χ0v) is 13.5. The van der Waals surface area contributed by atoms with E-state index in [2.05, 4.69) is 25.7 Å². The number of amides is 1.